The first-order valence-corrected chi connectivity index (χ1v) is 7.31. The number of carbonyl (C=O) groups is 1. The second kappa shape index (κ2) is 7.22. The van der Waals surface area contributed by atoms with E-state index < -0.39 is 0 Å². The summed E-state index contributed by atoms with van der Waals surface area (Å²) < 4.78 is 1.78. The molecule has 6 heteroatoms. The van der Waals surface area contributed by atoms with Crippen molar-refractivity contribution < 1.29 is 4.79 Å². The molecule has 0 aliphatic rings. The van der Waals surface area contributed by atoms with Crippen LogP contribution in [0.15, 0.2) is 67.1 Å². The van der Waals surface area contributed by atoms with Gasteiger partial charge in [0.2, 0.25) is 0 Å². The lowest BCUT2D eigenvalue weighted by atomic mass is 10.2. The molecular weight excluding hydrogens is 290 g/mol. The number of carbonyl (C=O) groups excluding carboxylic acids is 1. The first-order chi connectivity index (χ1) is 11.3. The number of anilines is 1. The van der Waals surface area contributed by atoms with Gasteiger partial charge in [-0.1, -0.05) is 36.4 Å². The molecule has 0 aliphatic heterocycles. The number of aromatic nitrogens is 3. The van der Waals surface area contributed by atoms with Crippen LogP contribution in [0, 0.1) is 0 Å². The van der Waals surface area contributed by atoms with Gasteiger partial charge >= 0.3 is 6.03 Å². The third-order valence-electron chi connectivity index (χ3n) is 3.25. The molecule has 3 rings (SSSR count). The third kappa shape index (κ3) is 4.41. The molecule has 0 saturated carbocycles. The molecule has 0 aliphatic carbocycles. The van der Waals surface area contributed by atoms with Crippen molar-refractivity contribution in [2.24, 2.45) is 0 Å². The van der Waals surface area contributed by atoms with E-state index in [-0.39, 0.29) is 6.03 Å². The zero-order valence-corrected chi connectivity index (χ0v) is 12.5. The lowest BCUT2D eigenvalue weighted by molar-refractivity contribution is 0.251. The van der Waals surface area contributed by atoms with Gasteiger partial charge in [0.1, 0.15) is 0 Å². The van der Waals surface area contributed by atoms with Crippen molar-refractivity contribution in [2.45, 2.75) is 13.1 Å². The fourth-order valence-electron chi connectivity index (χ4n) is 2.13. The van der Waals surface area contributed by atoms with Crippen molar-refractivity contribution in [1.82, 2.24) is 20.1 Å². The van der Waals surface area contributed by atoms with Gasteiger partial charge in [-0.05, 0) is 17.2 Å². The van der Waals surface area contributed by atoms with E-state index in [0.29, 0.717) is 18.9 Å². The van der Waals surface area contributed by atoms with Crippen LogP contribution < -0.4 is 10.6 Å². The molecule has 2 amide bonds. The van der Waals surface area contributed by atoms with Crippen LogP contribution in [0.1, 0.15) is 11.1 Å². The Bertz CT molecular complexity index is 755. The molecule has 0 fully saturated rings. The lowest BCUT2D eigenvalue weighted by Gasteiger charge is -2.05. The Balaban J connectivity index is 1.51. The molecule has 0 spiro atoms. The summed E-state index contributed by atoms with van der Waals surface area (Å²) in [7, 11) is 0. The largest absolute Gasteiger partial charge is 0.334 e. The van der Waals surface area contributed by atoms with Gasteiger partial charge in [0, 0.05) is 31.2 Å². The molecule has 2 N–H and O–H groups in total. The summed E-state index contributed by atoms with van der Waals surface area (Å²) in [5.74, 6) is 0.518. The van der Waals surface area contributed by atoms with Crippen LogP contribution >= 0.6 is 0 Å². The summed E-state index contributed by atoms with van der Waals surface area (Å²) in [5.41, 5.74) is 2.10. The maximum absolute atomic E-state index is 11.9. The first-order valence-electron chi connectivity index (χ1n) is 7.31. The molecule has 2 aromatic heterocycles. The van der Waals surface area contributed by atoms with Crippen molar-refractivity contribution in [2.75, 3.05) is 5.32 Å². The number of amides is 2. The monoisotopic (exact) mass is 307 g/mol. The maximum Gasteiger partial charge on any atom is 0.320 e. The fraction of sp³-hybridized carbons (Fsp3) is 0.118. The van der Waals surface area contributed by atoms with E-state index in [1.54, 1.807) is 23.1 Å². The van der Waals surface area contributed by atoms with E-state index in [1.165, 1.54) is 0 Å². The average Bonchev–Trinajstić information content (AvgIpc) is 3.02. The van der Waals surface area contributed by atoms with E-state index in [0.717, 1.165) is 11.1 Å². The van der Waals surface area contributed by atoms with E-state index in [9.17, 15) is 4.79 Å². The number of pyridine rings is 1. The summed E-state index contributed by atoms with van der Waals surface area (Å²) >= 11 is 0. The van der Waals surface area contributed by atoms with Crippen LogP contribution in [0.25, 0.3) is 0 Å². The Kier molecular flexibility index (Phi) is 4.63. The van der Waals surface area contributed by atoms with Crippen molar-refractivity contribution in [1.29, 1.82) is 0 Å². The predicted molar refractivity (Wildman–Crippen MR) is 87.9 cm³/mol. The number of hydrogen-bond acceptors (Lipinski definition) is 3. The summed E-state index contributed by atoms with van der Waals surface area (Å²) in [5, 5.41) is 9.82. The van der Waals surface area contributed by atoms with E-state index in [1.807, 2.05) is 48.7 Å². The minimum atomic E-state index is -0.293. The molecule has 6 nitrogen and oxygen atoms in total. The van der Waals surface area contributed by atoms with Crippen LogP contribution in [-0.4, -0.2) is 20.8 Å². The SMILES string of the molecule is O=C(NCc1cccnc1)Nc1ccn(Cc2ccccc2)n1. The maximum atomic E-state index is 11.9. The molecule has 23 heavy (non-hydrogen) atoms. The highest BCUT2D eigenvalue weighted by Gasteiger charge is 2.05. The standard InChI is InChI=1S/C17H17N5O/c23-17(19-12-15-7-4-9-18-11-15)20-16-8-10-22(21-16)13-14-5-2-1-3-6-14/h1-11H,12-13H2,(H2,19,20,21,23). The molecule has 0 saturated heterocycles. The Hall–Kier alpha value is -3.15. The Morgan fingerprint density at radius 3 is 2.65 bits per heavy atom. The van der Waals surface area contributed by atoms with Crippen molar-refractivity contribution in [3.8, 4) is 0 Å². The van der Waals surface area contributed by atoms with Gasteiger partial charge in [-0.2, -0.15) is 5.10 Å². The van der Waals surface area contributed by atoms with Gasteiger partial charge in [0.15, 0.2) is 5.82 Å². The number of rotatable bonds is 5. The van der Waals surface area contributed by atoms with Crippen molar-refractivity contribution in [3.63, 3.8) is 0 Å². The Labute approximate surface area is 134 Å². The number of urea groups is 1. The summed E-state index contributed by atoms with van der Waals surface area (Å²) in [6, 6.07) is 15.2. The summed E-state index contributed by atoms with van der Waals surface area (Å²) in [6.07, 6.45) is 5.25. The Morgan fingerprint density at radius 2 is 1.87 bits per heavy atom. The smallest absolute Gasteiger partial charge is 0.320 e. The number of benzene rings is 1. The zero-order valence-electron chi connectivity index (χ0n) is 12.5. The number of nitrogens with one attached hydrogen (secondary N) is 2. The molecule has 0 atom stereocenters. The van der Waals surface area contributed by atoms with Gasteiger partial charge in [-0.3, -0.25) is 15.0 Å². The van der Waals surface area contributed by atoms with Crippen LogP contribution in [0.5, 0.6) is 0 Å². The van der Waals surface area contributed by atoms with Crippen LogP contribution in [0.2, 0.25) is 0 Å². The highest BCUT2D eigenvalue weighted by atomic mass is 16.2. The molecule has 0 bridgehead atoms. The molecule has 0 unspecified atom stereocenters. The van der Waals surface area contributed by atoms with E-state index >= 15 is 0 Å². The van der Waals surface area contributed by atoms with Crippen LogP contribution in [0.3, 0.4) is 0 Å². The fourth-order valence-corrected chi connectivity index (χ4v) is 2.13. The van der Waals surface area contributed by atoms with Gasteiger partial charge in [-0.15, -0.1) is 0 Å². The van der Waals surface area contributed by atoms with Crippen molar-refractivity contribution >= 4 is 11.8 Å². The quantitative estimate of drug-likeness (QED) is 0.761. The van der Waals surface area contributed by atoms with Gasteiger partial charge in [0.05, 0.1) is 6.54 Å². The van der Waals surface area contributed by atoms with E-state index in [4.69, 9.17) is 0 Å². The van der Waals surface area contributed by atoms with Crippen LogP contribution in [0.4, 0.5) is 10.6 Å². The van der Waals surface area contributed by atoms with Gasteiger partial charge in [-0.25, -0.2) is 4.79 Å². The lowest BCUT2D eigenvalue weighted by Crippen LogP contribution is -2.28. The van der Waals surface area contributed by atoms with E-state index in [2.05, 4.69) is 20.7 Å². The highest BCUT2D eigenvalue weighted by molar-refractivity contribution is 5.88. The van der Waals surface area contributed by atoms with Crippen molar-refractivity contribution in [3.05, 3.63) is 78.2 Å². The highest BCUT2D eigenvalue weighted by Crippen LogP contribution is 2.06. The molecule has 2 heterocycles. The minimum absolute atomic E-state index is 0.293. The first kappa shape index (κ1) is 14.8. The summed E-state index contributed by atoms with van der Waals surface area (Å²) in [4.78, 5) is 15.9. The molecule has 0 radical (unpaired) electrons. The van der Waals surface area contributed by atoms with Crippen LogP contribution in [-0.2, 0) is 13.1 Å². The molecule has 1 aromatic carbocycles. The molecular formula is C17H17N5O. The normalized spacial score (nSPS) is 10.3. The molecule has 3 aromatic rings. The molecule has 116 valence electrons. The Morgan fingerprint density at radius 1 is 1.04 bits per heavy atom. The minimum Gasteiger partial charge on any atom is -0.334 e. The summed E-state index contributed by atoms with van der Waals surface area (Å²) in [6.45, 7) is 1.09. The number of nitrogens with zero attached hydrogens (tertiary/aromatic N) is 3. The average molecular weight is 307 g/mol. The second-order valence-corrected chi connectivity index (χ2v) is 5.05. The zero-order chi connectivity index (χ0) is 15.9. The topological polar surface area (TPSA) is 71.8 Å². The number of hydrogen-bond donors (Lipinski definition) is 2. The third-order valence-corrected chi connectivity index (χ3v) is 3.25. The second-order valence-electron chi connectivity index (χ2n) is 5.05. The van der Waals surface area contributed by atoms with Gasteiger partial charge in [0.25, 0.3) is 0 Å². The van der Waals surface area contributed by atoms with Gasteiger partial charge < -0.3 is 5.32 Å². The predicted octanol–water partition coefficient (Wildman–Crippen LogP) is 2.65.